The van der Waals surface area contributed by atoms with E-state index < -0.39 is 0 Å². The second kappa shape index (κ2) is 7.00. The van der Waals surface area contributed by atoms with Gasteiger partial charge in [-0.15, -0.1) is 0 Å². The lowest BCUT2D eigenvalue weighted by atomic mass is 10.0. The zero-order valence-electron chi connectivity index (χ0n) is 11.7. The highest BCUT2D eigenvalue weighted by Gasteiger charge is 2.13. The number of rotatable bonds is 5. The summed E-state index contributed by atoms with van der Waals surface area (Å²) in [6.45, 7) is 4.12. The second-order valence-electron chi connectivity index (χ2n) is 5.14. The van der Waals surface area contributed by atoms with Crippen molar-refractivity contribution in [3.05, 3.63) is 69.9 Å². The van der Waals surface area contributed by atoms with Crippen LogP contribution >= 0.6 is 15.9 Å². The molecule has 0 spiro atoms. The van der Waals surface area contributed by atoms with Crippen molar-refractivity contribution < 1.29 is 4.39 Å². The molecule has 20 heavy (non-hydrogen) atoms. The van der Waals surface area contributed by atoms with E-state index in [0.717, 1.165) is 16.5 Å². The number of hydrogen-bond donors (Lipinski definition) is 1. The molecular weight excluding hydrogens is 317 g/mol. The zero-order chi connectivity index (χ0) is 14.5. The lowest BCUT2D eigenvalue weighted by Crippen LogP contribution is -2.31. The molecule has 2 rings (SSSR count). The predicted molar refractivity (Wildman–Crippen MR) is 85.3 cm³/mol. The highest BCUT2D eigenvalue weighted by atomic mass is 79.9. The van der Waals surface area contributed by atoms with Gasteiger partial charge in [0.2, 0.25) is 0 Å². The van der Waals surface area contributed by atoms with Gasteiger partial charge in [-0.1, -0.05) is 46.3 Å². The van der Waals surface area contributed by atoms with Gasteiger partial charge < -0.3 is 5.32 Å². The van der Waals surface area contributed by atoms with Gasteiger partial charge in [0.25, 0.3) is 0 Å². The van der Waals surface area contributed by atoms with Gasteiger partial charge in [0.1, 0.15) is 5.82 Å². The molecule has 0 aliphatic rings. The molecule has 0 aromatic heterocycles. The third-order valence-corrected chi connectivity index (χ3v) is 3.89. The fourth-order valence-corrected chi connectivity index (χ4v) is 2.64. The summed E-state index contributed by atoms with van der Waals surface area (Å²) in [5, 5.41) is 3.45. The molecule has 1 nitrogen and oxygen atoms in total. The first-order chi connectivity index (χ1) is 9.56. The van der Waals surface area contributed by atoms with Crippen molar-refractivity contribution in [1.29, 1.82) is 0 Å². The first-order valence-corrected chi connectivity index (χ1v) is 7.60. The van der Waals surface area contributed by atoms with Crippen LogP contribution in [0, 0.1) is 5.82 Å². The molecule has 0 fully saturated rings. The Morgan fingerprint density at radius 1 is 1.05 bits per heavy atom. The van der Waals surface area contributed by atoms with Crippen LogP contribution in [-0.2, 0) is 6.42 Å². The van der Waals surface area contributed by atoms with Crippen molar-refractivity contribution in [3.8, 4) is 0 Å². The van der Waals surface area contributed by atoms with E-state index in [0.29, 0.717) is 0 Å². The van der Waals surface area contributed by atoms with Crippen LogP contribution in [0.15, 0.2) is 53.0 Å². The van der Waals surface area contributed by atoms with Crippen LogP contribution in [-0.4, -0.2) is 6.04 Å². The lowest BCUT2D eigenvalue weighted by molar-refractivity contribution is 0.460. The molecule has 0 amide bonds. The zero-order valence-corrected chi connectivity index (χ0v) is 13.3. The summed E-state index contributed by atoms with van der Waals surface area (Å²) in [6.07, 6.45) is 0.923. The molecule has 0 radical (unpaired) electrons. The maximum atomic E-state index is 13.7. The quantitative estimate of drug-likeness (QED) is 0.821. The Labute approximate surface area is 128 Å². The minimum atomic E-state index is -0.150. The van der Waals surface area contributed by atoms with Gasteiger partial charge in [-0.2, -0.15) is 0 Å². The topological polar surface area (TPSA) is 12.0 Å². The van der Waals surface area contributed by atoms with E-state index in [4.69, 9.17) is 0 Å². The number of hydrogen-bond acceptors (Lipinski definition) is 1. The van der Waals surface area contributed by atoms with Gasteiger partial charge in [-0.05, 0) is 44.0 Å². The Balaban J connectivity index is 1.96. The Bertz CT molecular complexity index is 553. The molecule has 0 saturated carbocycles. The van der Waals surface area contributed by atoms with Crippen LogP contribution < -0.4 is 5.32 Å². The van der Waals surface area contributed by atoms with Crippen molar-refractivity contribution in [2.45, 2.75) is 32.4 Å². The van der Waals surface area contributed by atoms with E-state index in [1.54, 1.807) is 6.07 Å². The van der Waals surface area contributed by atoms with Crippen LogP contribution in [0.1, 0.15) is 31.0 Å². The van der Waals surface area contributed by atoms with Crippen LogP contribution in [0.2, 0.25) is 0 Å². The molecule has 2 aromatic rings. The standard InChI is InChI=1S/C17H19BrFN/c1-12(11-14-7-9-15(18)10-8-14)20-13(2)16-5-3-4-6-17(16)19/h3-10,12-13,20H,11H2,1-2H3/t12?,13-/m1/s1. The van der Waals surface area contributed by atoms with E-state index in [2.05, 4.69) is 40.3 Å². The van der Waals surface area contributed by atoms with E-state index in [1.165, 1.54) is 11.6 Å². The maximum absolute atomic E-state index is 13.7. The van der Waals surface area contributed by atoms with E-state index in [1.807, 2.05) is 31.2 Å². The van der Waals surface area contributed by atoms with Gasteiger partial charge in [0.15, 0.2) is 0 Å². The fourth-order valence-electron chi connectivity index (χ4n) is 2.38. The molecule has 0 bridgehead atoms. The minimum absolute atomic E-state index is 0.00153. The van der Waals surface area contributed by atoms with Crippen molar-refractivity contribution in [1.82, 2.24) is 5.32 Å². The first kappa shape index (κ1) is 15.2. The molecule has 0 aliphatic heterocycles. The minimum Gasteiger partial charge on any atom is -0.307 e. The summed E-state index contributed by atoms with van der Waals surface area (Å²) < 4.78 is 14.8. The van der Waals surface area contributed by atoms with Crippen molar-refractivity contribution in [3.63, 3.8) is 0 Å². The molecule has 106 valence electrons. The second-order valence-corrected chi connectivity index (χ2v) is 6.06. The predicted octanol–water partition coefficient (Wildman–Crippen LogP) is 4.87. The molecule has 0 heterocycles. The number of nitrogens with one attached hydrogen (secondary N) is 1. The van der Waals surface area contributed by atoms with E-state index in [-0.39, 0.29) is 17.9 Å². The average molecular weight is 336 g/mol. The molecule has 2 aromatic carbocycles. The Kier molecular flexibility index (Phi) is 5.32. The third kappa shape index (κ3) is 4.15. The summed E-state index contributed by atoms with van der Waals surface area (Å²) in [7, 11) is 0. The normalized spacial score (nSPS) is 14.0. The van der Waals surface area contributed by atoms with E-state index in [9.17, 15) is 4.39 Å². The third-order valence-electron chi connectivity index (χ3n) is 3.36. The molecule has 0 aliphatic carbocycles. The fraction of sp³-hybridized carbons (Fsp3) is 0.294. The number of benzene rings is 2. The Morgan fingerprint density at radius 3 is 2.35 bits per heavy atom. The lowest BCUT2D eigenvalue weighted by Gasteiger charge is -2.21. The van der Waals surface area contributed by atoms with Crippen LogP contribution in [0.5, 0.6) is 0 Å². The van der Waals surface area contributed by atoms with Crippen molar-refractivity contribution >= 4 is 15.9 Å². The summed E-state index contributed by atoms with van der Waals surface area (Å²) in [5.74, 6) is -0.150. The SMILES string of the molecule is CC(Cc1ccc(Br)cc1)N[C@H](C)c1ccccc1F. The molecule has 1 unspecified atom stereocenters. The largest absolute Gasteiger partial charge is 0.307 e. The molecule has 1 N–H and O–H groups in total. The molecular formula is C17H19BrFN. The molecule has 3 heteroatoms. The maximum Gasteiger partial charge on any atom is 0.127 e. The summed E-state index contributed by atoms with van der Waals surface area (Å²) in [4.78, 5) is 0. The Morgan fingerprint density at radius 2 is 1.70 bits per heavy atom. The van der Waals surface area contributed by atoms with E-state index >= 15 is 0 Å². The van der Waals surface area contributed by atoms with Crippen molar-refractivity contribution in [2.75, 3.05) is 0 Å². The van der Waals surface area contributed by atoms with Crippen LogP contribution in [0.3, 0.4) is 0 Å². The summed E-state index contributed by atoms with van der Waals surface area (Å²) >= 11 is 3.43. The average Bonchev–Trinajstić information content (AvgIpc) is 2.41. The van der Waals surface area contributed by atoms with Gasteiger partial charge in [-0.25, -0.2) is 4.39 Å². The first-order valence-electron chi connectivity index (χ1n) is 6.81. The smallest absolute Gasteiger partial charge is 0.127 e. The molecule has 0 saturated heterocycles. The highest BCUT2D eigenvalue weighted by molar-refractivity contribution is 9.10. The van der Waals surface area contributed by atoms with Crippen LogP contribution in [0.25, 0.3) is 0 Å². The Hall–Kier alpha value is -1.19. The molecule has 2 atom stereocenters. The van der Waals surface area contributed by atoms with Gasteiger partial charge in [0.05, 0.1) is 0 Å². The van der Waals surface area contributed by atoms with Gasteiger partial charge >= 0.3 is 0 Å². The highest BCUT2D eigenvalue weighted by Crippen LogP contribution is 2.18. The van der Waals surface area contributed by atoms with Crippen LogP contribution in [0.4, 0.5) is 4.39 Å². The summed E-state index contributed by atoms with van der Waals surface area (Å²) in [5.41, 5.74) is 1.99. The van der Waals surface area contributed by atoms with Gasteiger partial charge in [0, 0.05) is 22.1 Å². The monoisotopic (exact) mass is 335 g/mol. The number of halogens is 2. The van der Waals surface area contributed by atoms with Gasteiger partial charge in [-0.3, -0.25) is 0 Å². The summed E-state index contributed by atoms with van der Waals surface area (Å²) in [6, 6.07) is 15.5. The van der Waals surface area contributed by atoms with Crippen molar-refractivity contribution in [2.24, 2.45) is 0 Å².